The second kappa shape index (κ2) is 13.0. The highest BCUT2D eigenvalue weighted by Gasteiger charge is 2.28. The Balaban J connectivity index is 0.000000173. The van der Waals surface area contributed by atoms with Gasteiger partial charge in [-0.3, -0.25) is 0 Å². The van der Waals surface area contributed by atoms with E-state index in [0.717, 1.165) is 67.6 Å². The molecule has 0 radical (unpaired) electrons. The van der Waals surface area contributed by atoms with Crippen LogP contribution in [0.3, 0.4) is 0 Å². The van der Waals surface area contributed by atoms with Crippen LogP contribution in [0.1, 0.15) is 73.6 Å². The van der Waals surface area contributed by atoms with Crippen LogP contribution >= 0.6 is 0 Å². The Bertz CT molecular complexity index is 1040. The van der Waals surface area contributed by atoms with E-state index in [9.17, 15) is 8.78 Å². The van der Waals surface area contributed by atoms with Crippen molar-refractivity contribution in [2.24, 2.45) is 11.8 Å². The Morgan fingerprint density at radius 3 is 1.81 bits per heavy atom. The van der Waals surface area contributed by atoms with Gasteiger partial charge in [-0.05, 0) is 84.0 Å². The van der Waals surface area contributed by atoms with Crippen LogP contribution in [0.25, 0.3) is 0 Å². The molecule has 2 aromatic rings. The van der Waals surface area contributed by atoms with E-state index in [1.165, 1.54) is 6.07 Å². The summed E-state index contributed by atoms with van der Waals surface area (Å²) in [5.74, 6) is 1.74. The fraction of sp³-hybridized carbons (Fsp3) is 0.600. The molecule has 5 rings (SSSR count). The minimum absolute atomic E-state index is 0.0946. The summed E-state index contributed by atoms with van der Waals surface area (Å²) in [4.78, 5) is 0. The summed E-state index contributed by atoms with van der Waals surface area (Å²) in [6, 6.07) is 6.68. The number of rotatable bonds is 8. The van der Waals surface area contributed by atoms with Gasteiger partial charge in [0.1, 0.15) is 23.1 Å². The number of hydrogen-bond donors (Lipinski definition) is 2. The predicted molar refractivity (Wildman–Crippen MR) is 138 cm³/mol. The fourth-order valence-electron chi connectivity index (χ4n) is 5.45. The molecule has 204 valence electrons. The molecule has 37 heavy (non-hydrogen) atoms. The average molecular weight is 519 g/mol. The van der Waals surface area contributed by atoms with Crippen LogP contribution in [0.4, 0.5) is 8.78 Å². The van der Waals surface area contributed by atoms with E-state index in [2.05, 4.69) is 13.8 Å². The molecule has 2 aromatic carbocycles. The smallest absolute Gasteiger partial charge is 0.127 e. The minimum atomic E-state index is -0.581. The molecular formula is C30H40F2O5. The van der Waals surface area contributed by atoms with Crippen molar-refractivity contribution in [3.05, 3.63) is 58.2 Å². The largest absolute Gasteiger partial charge is 0.493 e. The second-order valence-corrected chi connectivity index (χ2v) is 10.6. The maximum absolute atomic E-state index is 14.1. The zero-order chi connectivity index (χ0) is 26.4. The van der Waals surface area contributed by atoms with Gasteiger partial charge in [0.25, 0.3) is 0 Å². The Hall–Kier alpha value is -2.22. The summed E-state index contributed by atoms with van der Waals surface area (Å²) in [5.41, 5.74) is 3.01. The molecule has 0 aromatic heterocycles. The minimum Gasteiger partial charge on any atom is -0.493 e. The van der Waals surface area contributed by atoms with E-state index in [4.69, 9.17) is 24.4 Å². The molecule has 3 aliphatic rings. The van der Waals surface area contributed by atoms with Gasteiger partial charge in [0.05, 0.1) is 39.6 Å². The number of benzene rings is 2. The Kier molecular flexibility index (Phi) is 9.79. The lowest BCUT2D eigenvalue weighted by Crippen LogP contribution is -2.27. The van der Waals surface area contributed by atoms with Gasteiger partial charge in [-0.15, -0.1) is 0 Å². The normalized spacial score (nSPS) is 20.6. The average Bonchev–Trinajstić information content (AvgIpc) is 2.85. The molecular weight excluding hydrogens is 478 g/mol. The Morgan fingerprint density at radius 2 is 1.32 bits per heavy atom. The van der Waals surface area contributed by atoms with Gasteiger partial charge in [-0.1, -0.05) is 26.7 Å². The summed E-state index contributed by atoms with van der Waals surface area (Å²) >= 11 is 0. The summed E-state index contributed by atoms with van der Waals surface area (Å²) in [7, 11) is 0. The van der Waals surface area contributed by atoms with E-state index in [1.54, 1.807) is 12.1 Å². The van der Waals surface area contributed by atoms with Gasteiger partial charge < -0.3 is 24.4 Å². The Morgan fingerprint density at radius 1 is 0.784 bits per heavy atom. The number of ether oxygens (including phenoxy) is 3. The monoisotopic (exact) mass is 518 g/mol. The standard InChI is InChI=1S/C15H21FO3.C15H19FO2/c1-2-3-10-4-11-5-14(16)13(12(7-17)8-18)6-15(11)19-9-10;1-2-3-10-4-11-5-14(16)13(12-8-17-9-12)6-15(11)18-7-10/h5-6,10,12,17-18H,2-4,7-9H2,1H3;5-6,10,12H,2-4,7-9H2,1H3. The molecule has 0 amide bonds. The highest BCUT2D eigenvalue weighted by atomic mass is 19.1. The SMILES string of the molecule is CCCC1COc2cc(C(CO)CO)c(F)cc2C1.CCCC1COc2cc(C3COC3)c(F)cc2C1. The highest BCUT2D eigenvalue weighted by Crippen LogP contribution is 2.36. The van der Waals surface area contributed by atoms with Gasteiger partial charge in [-0.25, -0.2) is 8.78 Å². The summed E-state index contributed by atoms with van der Waals surface area (Å²) in [6.45, 7) is 6.46. The van der Waals surface area contributed by atoms with Crippen LogP contribution in [-0.4, -0.2) is 49.9 Å². The van der Waals surface area contributed by atoms with Gasteiger partial charge in [0, 0.05) is 11.8 Å². The predicted octanol–water partition coefficient (Wildman–Crippen LogP) is 5.54. The van der Waals surface area contributed by atoms with Crippen LogP contribution in [-0.2, 0) is 17.6 Å². The van der Waals surface area contributed by atoms with E-state index in [1.807, 2.05) is 6.07 Å². The van der Waals surface area contributed by atoms with Gasteiger partial charge in [0.15, 0.2) is 0 Å². The summed E-state index contributed by atoms with van der Waals surface area (Å²) < 4.78 is 44.7. The molecule has 0 saturated carbocycles. The number of aliphatic hydroxyl groups excluding tert-OH is 2. The molecule has 3 heterocycles. The first-order chi connectivity index (χ1) is 18.0. The zero-order valence-electron chi connectivity index (χ0n) is 22.0. The van der Waals surface area contributed by atoms with E-state index in [0.29, 0.717) is 43.0 Å². The Labute approximate surface area is 218 Å². The van der Waals surface area contributed by atoms with Crippen LogP contribution in [0.15, 0.2) is 24.3 Å². The maximum atomic E-state index is 14.1. The molecule has 1 saturated heterocycles. The highest BCUT2D eigenvalue weighted by molar-refractivity contribution is 5.42. The third kappa shape index (κ3) is 6.62. The van der Waals surface area contributed by atoms with Crippen LogP contribution < -0.4 is 9.47 Å². The first-order valence-corrected chi connectivity index (χ1v) is 13.7. The molecule has 0 aliphatic carbocycles. The van der Waals surface area contributed by atoms with Crippen molar-refractivity contribution in [1.82, 2.24) is 0 Å². The van der Waals surface area contributed by atoms with Crippen molar-refractivity contribution in [3.8, 4) is 11.5 Å². The third-order valence-electron chi connectivity index (χ3n) is 7.68. The zero-order valence-corrected chi connectivity index (χ0v) is 22.0. The van der Waals surface area contributed by atoms with E-state index < -0.39 is 5.92 Å². The van der Waals surface area contributed by atoms with Gasteiger partial charge in [-0.2, -0.15) is 0 Å². The van der Waals surface area contributed by atoms with Crippen molar-refractivity contribution < 1.29 is 33.2 Å². The molecule has 3 aliphatic heterocycles. The van der Waals surface area contributed by atoms with Crippen LogP contribution in [0, 0.1) is 23.5 Å². The van der Waals surface area contributed by atoms with E-state index >= 15 is 0 Å². The first kappa shape index (κ1) is 27.8. The lowest BCUT2D eigenvalue weighted by atomic mass is 9.89. The van der Waals surface area contributed by atoms with Crippen molar-refractivity contribution in [2.45, 2.75) is 64.2 Å². The third-order valence-corrected chi connectivity index (χ3v) is 7.68. The quantitative estimate of drug-likeness (QED) is 0.481. The molecule has 0 bridgehead atoms. The maximum Gasteiger partial charge on any atom is 0.127 e. The van der Waals surface area contributed by atoms with Gasteiger partial charge in [0.2, 0.25) is 0 Å². The molecule has 5 nitrogen and oxygen atoms in total. The molecule has 7 heteroatoms. The molecule has 0 spiro atoms. The van der Waals surface area contributed by atoms with Crippen molar-refractivity contribution in [3.63, 3.8) is 0 Å². The molecule has 1 fully saturated rings. The van der Waals surface area contributed by atoms with Gasteiger partial charge >= 0.3 is 0 Å². The lowest BCUT2D eigenvalue weighted by Gasteiger charge is -2.30. The van der Waals surface area contributed by atoms with E-state index in [-0.39, 0.29) is 30.8 Å². The van der Waals surface area contributed by atoms with Crippen molar-refractivity contribution in [2.75, 3.05) is 39.6 Å². The second-order valence-electron chi connectivity index (χ2n) is 10.6. The number of aliphatic hydroxyl groups is 2. The summed E-state index contributed by atoms with van der Waals surface area (Å²) in [5, 5.41) is 18.3. The molecule has 2 N–H and O–H groups in total. The van der Waals surface area contributed by atoms with Crippen LogP contribution in [0.2, 0.25) is 0 Å². The number of halogens is 2. The van der Waals surface area contributed by atoms with Crippen LogP contribution in [0.5, 0.6) is 11.5 Å². The molecule has 2 unspecified atom stereocenters. The lowest BCUT2D eigenvalue weighted by molar-refractivity contribution is 0.00687. The summed E-state index contributed by atoms with van der Waals surface area (Å²) in [6.07, 6.45) is 6.27. The molecule has 2 atom stereocenters. The van der Waals surface area contributed by atoms with Crippen molar-refractivity contribution >= 4 is 0 Å². The first-order valence-electron chi connectivity index (χ1n) is 13.7. The topological polar surface area (TPSA) is 68.2 Å². The number of fused-ring (bicyclic) bond motifs is 2. The fourth-order valence-corrected chi connectivity index (χ4v) is 5.45. The van der Waals surface area contributed by atoms with Crippen molar-refractivity contribution in [1.29, 1.82) is 0 Å². The number of hydrogen-bond acceptors (Lipinski definition) is 5.